The van der Waals surface area contributed by atoms with Crippen LogP contribution < -0.4 is 10.1 Å². The highest BCUT2D eigenvalue weighted by Crippen LogP contribution is 2.32. The average Bonchev–Trinajstić information content (AvgIpc) is 2.66. The van der Waals surface area contributed by atoms with Crippen LogP contribution in [-0.2, 0) is 14.8 Å². The first-order chi connectivity index (χ1) is 12.4. The van der Waals surface area contributed by atoms with Crippen LogP contribution in [0.3, 0.4) is 0 Å². The maximum Gasteiger partial charge on any atom is 0.243 e. The Hall–Kier alpha value is -1.60. The van der Waals surface area contributed by atoms with Gasteiger partial charge in [-0.25, -0.2) is 8.42 Å². The number of hydrogen-bond donors (Lipinski definition) is 1. The number of sulfonamides is 1. The number of nitrogens with one attached hydrogen (secondary N) is 1. The summed E-state index contributed by atoms with van der Waals surface area (Å²) in [5.74, 6) is 1.14. The number of rotatable bonds is 8. The zero-order valence-corrected chi connectivity index (χ0v) is 16.7. The van der Waals surface area contributed by atoms with Crippen LogP contribution in [-0.4, -0.2) is 45.4 Å². The number of nitrogens with zero attached hydrogens (tertiary/aromatic N) is 1. The molecule has 0 saturated carbocycles. The number of carbonyl (C=O) groups excluding carboxylic acids is 1. The van der Waals surface area contributed by atoms with E-state index in [2.05, 4.69) is 12.2 Å². The second kappa shape index (κ2) is 9.37. The van der Waals surface area contributed by atoms with Crippen LogP contribution in [0.5, 0.6) is 5.75 Å². The molecule has 0 spiro atoms. The third kappa shape index (κ3) is 4.98. The maximum absolute atomic E-state index is 12.9. The Bertz CT molecular complexity index is 688. The monoisotopic (exact) mass is 382 g/mol. The van der Waals surface area contributed by atoms with Gasteiger partial charge in [0.05, 0.1) is 12.0 Å². The highest BCUT2D eigenvalue weighted by molar-refractivity contribution is 7.89. The number of piperidine rings is 1. The van der Waals surface area contributed by atoms with Crippen LogP contribution in [0.25, 0.3) is 0 Å². The van der Waals surface area contributed by atoms with E-state index in [0.717, 1.165) is 12.8 Å². The van der Waals surface area contributed by atoms with Gasteiger partial charge in [0.15, 0.2) is 0 Å². The van der Waals surface area contributed by atoms with Gasteiger partial charge in [0.1, 0.15) is 5.75 Å². The summed E-state index contributed by atoms with van der Waals surface area (Å²) < 4.78 is 32.5. The van der Waals surface area contributed by atoms with Crippen molar-refractivity contribution in [3.05, 3.63) is 24.3 Å². The molecule has 1 aliphatic rings. The lowest BCUT2D eigenvalue weighted by molar-refractivity contribution is -0.122. The molecule has 1 aromatic carbocycles. The summed E-state index contributed by atoms with van der Waals surface area (Å²) in [4.78, 5) is 12.3. The molecular formula is C19H30N2O4S. The quantitative estimate of drug-likeness (QED) is 0.750. The van der Waals surface area contributed by atoms with Crippen molar-refractivity contribution in [3.8, 4) is 5.75 Å². The molecule has 146 valence electrons. The zero-order valence-electron chi connectivity index (χ0n) is 15.9. The molecule has 1 N–H and O–H groups in total. The Morgan fingerprint density at radius 3 is 2.50 bits per heavy atom. The Kier molecular flexibility index (Phi) is 7.46. The van der Waals surface area contributed by atoms with E-state index in [-0.39, 0.29) is 22.6 Å². The van der Waals surface area contributed by atoms with Gasteiger partial charge in [-0.2, -0.15) is 4.31 Å². The number of ether oxygens (including phenoxy) is 1. The molecule has 1 amide bonds. The molecule has 1 aliphatic heterocycles. The van der Waals surface area contributed by atoms with Gasteiger partial charge in [0.2, 0.25) is 15.9 Å². The van der Waals surface area contributed by atoms with E-state index in [9.17, 15) is 13.2 Å². The molecule has 26 heavy (non-hydrogen) atoms. The molecule has 0 aromatic heterocycles. The van der Waals surface area contributed by atoms with Crippen LogP contribution >= 0.6 is 0 Å². The van der Waals surface area contributed by atoms with Crippen LogP contribution in [0, 0.1) is 11.8 Å². The summed E-state index contributed by atoms with van der Waals surface area (Å²) in [6.45, 7) is 5.70. The van der Waals surface area contributed by atoms with E-state index in [0.29, 0.717) is 38.2 Å². The molecule has 2 atom stereocenters. The normalized spacial score (nSPS) is 21.3. The van der Waals surface area contributed by atoms with Gasteiger partial charge in [0, 0.05) is 26.1 Å². The highest BCUT2D eigenvalue weighted by Gasteiger charge is 2.35. The Morgan fingerprint density at radius 2 is 1.92 bits per heavy atom. The molecule has 0 bridgehead atoms. The van der Waals surface area contributed by atoms with Gasteiger partial charge in [-0.05, 0) is 48.9 Å². The van der Waals surface area contributed by atoms with Gasteiger partial charge in [0.25, 0.3) is 0 Å². The lowest BCUT2D eigenvalue weighted by atomic mass is 9.82. The molecule has 0 unspecified atom stereocenters. The summed E-state index contributed by atoms with van der Waals surface area (Å²) in [5.41, 5.74) is 0. The lowest BCUT2D eigenvalue weighted by Gasteiger charge is -2.37. The van der Waals surface area contributed by atoms with E-state index in [1.54, 1.807) is 35.7 Å². The number of carbonyl (C=O) groups is 1. The molecule has 1 saturated heterocycles. The van der Waals surface area contributed by atoms with E-state index < -0.39 is 10.0 Å². The summed E-state index contributed by atoms with van der Waals surface area (Å²) in [5, 5.41) is 2.92. The predicted molar refractivity (Wildman–Crippen MR) is 102 cm³/mol. The minimum absolute atomic E-state index is 0.0711. The van der Waals surface area contributed by atoms with E-state index in [1.165, 1.54) is 0 Å². The first-order valence-electron chi connectivity index (χ1n) is 9.33. The fourth-order valence-corrected chi connectivity index (χ4v) is 4.98. The zero-order chi connectivity index (χ0) is 19.2. The fourth-order valence-electron chi connectivity index (χ4n) is 3.47. The third-order valence-electron chi connectivity index (χ3n) is 5.10. The summed E-state index contributed by atoms with van der Waals surface area (Å²) in [6, 6.07) is 6.49. The Labute approximate surface area is 157 Å². The maximum atomic E-state index is 12.9. The standard InChI is InChI=1S/C19H30N2O4S/c1-4-11-20-19(22)13-16-10-12-21(14-15(16)5-2)26(23,24)18-8-6-17(25-3)7-9-18/h6-9,15-16H,4-5,10-14H2,1-3H3,(H,20,22)/t15-,16+/m0/s1. The minimum atomic E-state index is -3.52. The molecule has 2 rings (SSSR count). The first-order valence-corrected chi connectivity index (χ1v) is 10.8. The summed E-state index contributed by atoms with van der Waals surface area (Å²) in [6.07, 6.45) is 2.98. The van der Waals surface area contributed by atoms with Gasteiger partial charge in [-0.1, -0.05) is 20.3 Å². The number of methoxy groups -OCH3 is 1. The van der Waals surface area contributed by atoms with Crippen molar-refractivity contribution in [1.82, 2.24) is 9.62 Å². The number of benzene rings is 1. The second-order valence-corrected chi connectivity index (χ2v) is 8.75. The second-order valence-electron chi connectivity index (χ2n) is 6.81. The van der Waals surface area contributed by atoms with E-state index >= 15 is 0 Å². The molecule has 1 fully saturated rings. The average molecular weight is 383 g/mol. The molecular weight excluding hydrogens is 352 g/mol. The van der Waals surface area contributed by atoms with Gasteiger partial charge in [-0.3, -0.25) is 4.79 Å². The fraction of sp³-hybridized carbons (Fsp3) is 0.632. The highest BCUT2D eigenvalue weighted by atomic mass is 32.2. The van der Waals surface area contributed by atoms with Crippen LogP contribution in [0.1, 0.15) is 39.5 Å². The van der Waals surface area contributed by atoms with Crippen molar-refractivity contribution in [1.29, 1.82) is 0 Å². The Morgan fingerprint density at radius 1 is 1.23 bits per heavy atom. The van der Waals surface area contributed by atoms with E-state index in [1.807, 2.05) is 6.92 Å². The van der Waals surface area contributed by atoms with E-state index in [4.69, 9.17) is 4.74 Å². The molecule has 1 heterocycles. The van der Waals surface area contributed by atoms with Crippen molar-refractivity contribution >= 4 is 15.9 Å². The molecule has 7 heteroatoms. The smallest absolute Gasteiger partial charge is 0.243 e. The largest absolute Gasteiger partial charge is 0.497 e. The lowest BCUT2D eigenvalue weighted by Crippen LogP contribution is -2.44. The van der Waals surface area contributed by atoms with Crippen LogP contribution in [0.4, 0.5) is 0 Å². The third-order valence-corrected chi connectivity index (χ3v) is 6.97. The Balaban J connectivity index is 2.05. The van der Waals surface area contributed by atoms with Crippen molar-refractivity contribution in [2.75, 3.05) is 26.7 Å². The van der Waals surface area contributed by atoms with Gasteiger partial charge < -0.3 is 10.1 Å². The minimum Gasteiger partial charge on any atom is -0.497 e. The first kappa shape index (κ1) is 20.7. The van der Waals surface area contributed by atoms with Crippen LogP contribution in [0.2, 0.25) is 0 Å². The summed E-state index contributed by atoms with van der Waals surface area (Å²) in [7, 11) is -1.97. The topological polar surface area (TPSA) is 75.7 Å². The molecule has 1 aromatic rings. The SMILES string of the molecule is CCCNC(=O)C[C@H]1CCN(S(=O)(=O)c2ccc(OC)cc2)C[C@@H]1CC. The molecule has 6 nitrogen and oxygen atoms in total. The van der Waals surface area contributed by atoms with Gasteiger partial charge >= 0.3 is 0 Å². The summed E-state index contributed by atoms with van der Waals surface area (Å²) >= 11 is 0. The number of hydrogen-bond acceptors (Lipinski definition) is 4. The molecule has 0 radical (unpaired) electrons. The van der Waals surface area contributed by atoms with Crippen molar-refractivity contribution in [3.63, 3.8) is 0 Å². The van der Waals surface area contributed by atoms with Crippen molar-refractivity contribution in [2.45, 2.75) is 44.4 Å². The predicted octanol–water partition coefficient (Wildman–Crippen LogP) is 2.65. The number of amides is 1. The van der Waals surface area contributed by atoms with Crippen LogP contribution in [0.15, 0.2) is 29.2 Å². The van der Waals surface area contributed by atoms with Gasteiger partial charge in [-0.15, -0.1) is 0 Å². The molecule has 0 aliphatic carbocycles. The van der Waals surface area contributed by atoms with Crippen molar-refractivity contribution < 1.29 is 17.9 Å². The van der Waals surface area contributed by atoms with Crippen molar-refractivity contribution in [2.24, 2.45) is 11.8 Å².